The van der Waals surface area contributed by atoms with E-state index < -0.39 is 0 Å². The number of hydrogen-bond donors (Lipinski definition) is 1. The third-order valence-corrected chi connectivity index (χ3v) is 4.99. The summed E-state index contributed by atoms with van der Waals surface area (Å²) in [6, 6.07) is 5.33. The number of carbonyl (C=O) groups excluding carboxylic acids is 1. The Balaban J connectivity index is 2.18. The van der Waals surface area contributed by atoms with Crippen molar-refractivity contribution in [2.75, 3.05) is 20.1 Å². The Morgan fingerprint density at radius 3 is 2.71 bits per heavy atom. The highest BCUT2D eigenvalue weighted by Crippen LogP contribution is 2.34. The first-order valence-electron chi connectivity index (χ1n) is 7.28. The smallest absolute Gasteiger partial charge is 0.230 e. The molecule has 2 rings (SSSR count). The number of amides is 1. The number of benzene rings is 1. The third-order valence-electron chi connectivity index (χ3n) is 4.43. The summed E-state index contributed by atoms with van der Waals surface area (Å²) in [4.78, 5) is 14.6. The molecule has 1 aliphatic rings. The summed E-state index contributed by atoms with van der Waals surface area (Å²) in [5.41, 5.74) is 0.587. The Labute approximate surface area is 136 Å². The molecule has 1 amide bonds. The predicted octanol–water partition coefficient (Wildman–Crippen LogP) is 3.90. The molecule has 1 fully saturated rings. The van der Waals surface area contributed by atoms with Crippen LogP contribution in [0.25, 0.3) is 0 Å². The highest BCUT2D eigenvalue weighted by atomic mass is 35.5. The molecule has 5 heteroatoms. The second-order valence-corrected chi connectivity index (χ2v) is 6.94. The second kappa shape index (κ2) is 6.55. The van der Waals surface area contributed by atoms with Crippen LogP contribution in [0, 0.1) is 5.41 Å². The molecule has 21 heavy (non-hydrogen) atoms. The Morgan fingerprint density at radius 2 is 2.14 bits per heavy atom. The van der Waals surface area contributed by atoms with Gasteiger partial charge >= 0.3 is 0 Å². The Morgan fingerprint density at radius 1 is 1.43 bits per heavy atom. The molecule has 0 radical (unpaired) electrons. The van der Waals surface area contributed by atoms with Gasteiger partial charge in [-0.05, 0) is 50.9 Å². The van der Waals surface area contributed by atoms with Crippen molar-refractivity contribution >= 4 is 29.1 Å². The van der Waals surface area contributed by atoms with Gasteiger partial charge in [0.25, 0.3) is 0 Å². The van der Waals surface area contributed by atoms with E-state index in [2.05, 4.69) is 5.32 Å². The van der Waals surface area contributed by atoms with Crippen LogP contribution in [-0.2, 0) is 4.79 Å². The van der Waals surface area contributed by atoms with E-state index in [0.29, 0.717) is 10.0 Å². The number of nitrogens with one attached hydrogen (secondary N) is 1. The zero-order valence-electron chi connectivity index (χ0n) is 12.7. The van der Waals surface area contributed by atoms with Crippen molar-refractivity contribution < 1.29 is 4.79 Å². The van der Waals surface area contributed by atoms with Crippen molar-refractivity contribution in [1.29, 1.82) is 0 Å². The van der Waals surface area contributed by atoms with Gasteiger partial charge in [-0.3, -0.25) is 4.79 Å². The molecule has 3 nitrogen and oxygen atoms in total. The first kappa shape index (κ1) is 16.6. The molecule has 1 aromatic rings. The lowest BCUT2D eigenvalue weighted by molar-refractivity contribution is -0.142. The van der Waals surface area contributed by atoms with Crippen LogP contribution in [0.2, 0.25) is 10.0 Å². The molecule has 1 heterocycles. The minimum Gasteiger partial charge on any atom is -0.338 e. The van der Waals surface area contributed by atoms with Crippen LogP contribution in [0.3, 0.4) is 0 Å². The maximum atomic E-state index is 12.8. The lowest BCUT2D eigenvalue weighted by atomic mass is 9.81. The van der Waals surface area contributed by atoms with Crippen LogP contribution < -0.4 is 5.32 Å². The number of halogens is 2. The van der Waals surface area contributed by atoms with E-state index in [0.717, 1.165) is 31.5 Å². The second-order valence-electron chi connectivity index (χ2n) is 6.10. The molecule has 0 aromatic heterocycles. The molecule has 2 unspecified atom stereocenters. The van der Waals surface area contributed by atoms with Crippen molar-refractivity contribution in [3.63, 3.8) is 0 Å². The maximum absolute atomic E-state index is 12.8. The van der Waals surface area contributed by atoms with Crippen LogP contribution in [0.15, 0.2) is 18.2 Å². The molecule has 0 bridgehead atoms. The van der Waals surface area contributed by atoms with E-state index in [1.807, 2.05) is 33.0 Å². The first-order valence-corrected chi connectivity index (χ1v) is 8.04. The summed E-state index contributed by atoms with van der Waals surface area (Å²) in [7, 11) is 1.85. The Hall–Kier alpha value is -0.770. The fourth-order valence-corrected chi connectivity index (χ4v) is 3.46. The summed E-state index contributed by atoms with van der Waals surface area (Å²) >= 11 is 12.2. The van der Waals surface area contributed by atoms with E-state index in [1.165, 1.54) is 0 Å². The number of rotatable bonds is 3. The number of piperidine rings is 1. The molecule has 1 aromatic carbocycles. The van der Waals surface area contributed by atoms with Crippen LogP contribution >= 0.6 is 23.2 Å². The molecule has 2 atom stereocenters. The molecular weight excluding hydrogens is 307 g/mol. The number of nitrogens with zero attached hydrogens (tertiary/aromatic N) is 1. The summed E-state index contributed by atoms with van der Waals surface area (Å²) in [5, 5.41) is 4.52. The zero-order chi connectivity index (χ0) is 15.6. The fraction of sp³-hybridized carbons (Fsp3) is 0.562. The van der Waals surface area contributed by atoms with Gasteiger partial charge in [0.2, 0.25) is 5.91 Å². The first-order chi connectivity index (χ1) is 9.85. The van der Waals surface area contributed by atoms with Crippen LogP contribution in [-0.4, -0.2) is 30.9 Å². The van der Waals surface area contributed by atoms with Crippen molar-refractivity contribution in [2.24, 2.45) is 5.41 Å². The largest absolute Gasteiger partial charge is 0.338 e. The van der Waals surface area contributed by atoms with Crippen LogP contribution in [0.5, 0.6) is 0 Å². The maximum Gasteiger partial charge on any atom is 0.230 e. The van der Waals surface area contributed by atoms with Gasteiger partial charge in [-0.25, -0.2) is 0 Å². The monoisotopic (exact) mass is 328 g/mol. The normalized spacial score (nSPS) is 23.7. The van der Waals surface area contributed by atoms with E-state index in [9.17, 15) is 4.79 Å². The molecule has 1 aliphatic heterocycles. The average Bonchev–Trinajstić information content (AvgIpc) is 2.46. The number of hydrogen-bond acceptors (Lipinski definition) is 2. The minimum atomic E-state index is -0.333. The Bertz CT molecular complexity index is 527. The highest BCUT2D eigenvalue weighted by molar-refractivity contribution is 6.35. The third kappa shape index (κ3) is 3.53. The lowest BCUT2D eigenvalue weighted by Crippen LogP contribution is -2.49. The van der Waals surface area contributed by atoms with Gasteiger partial charge in [-0.1, -0.05) is 29.3 Å². The van der Waals surface area contributed by atoms with Gasteiger partial charge in [-0.2, -0.15) is 0 Å². The van der Waals surface area contributed by atoms with Crippen LogP contribution in [0.4, 0.5) is 0 Å². The van der Waals surface area contributed by atoms with E-state index >= 15 is 0 Å². The molecular formula is C16H22Cl2N2O. The highest BCUT2D eigenvalue weighted by Gasteiger charge is 2.38. The topological polar surface area (TPSA) is 32.3 Å². The summed E-state index contributed by atoms with van der Waals surface area (Å²) in [5.74, 6) is 0.160. The predicted molar refractivity (Wildman–Crippen MR) is 87.9 cm³/mol. The SMILES string of the molecule is CC(c1ccc(Cl)cc1Cl)N(C)C(=O)C1(C)CCCNC1. The van der Waals surface area contributed by atoms with Gasteiger partial charge in [-0.15, -0.1) is 0 Å². The van der Waals surface area contributed by atoms with Gasteiger partial charge in [0.1, 0.15) is 0 Å². The fourth-order valence-electron chi connectivity index (χ4n) is 2.89. The molecule has 1 N–H and O–H groups in total. The van der Waals surface area contributed by atoms with Crippen molar-refractivity contribution in [3.8, 4) is 0 Å². The molecule has 0 saturated carbocycles. The van der Waals surface area contributed by atoms with E-state index in [-0.39, 0.29) is 17.4 Å². The van der Waals surface area contributed by atoms with Crippen LogP contribution in [0.1, 0.15) is 38.3 Å². The number of carbonyl (C=O) groups is 1. The van der Waals surface area contributed by atoms with Crippen molar-refractivity contribution in [2.45, 2.75) is 32.7 Å². The standard InChI is InChI=1S/C16H22Cl2N2O/c1-11(13-6-5-12(17)9-14(13)18)20(3)15(21)16(2)7-4-8-19-10-16/h5-6,9,11,19H,4,7-8,10H2,1-3H3. The summed E-state index contributed by atoms with van der Waals surface area (Å²) in [6.45, 7) is 5.75. The van der Waals surface area contributed by atoms with Gasteiger partial charge in [0.05, 0.1) is 11.5 Å². The van der Waals surface area contributed by atoms with Gasteiger partial charge < -0.3 is 10.2 Å². The zero-order valence-corrected chi connectivity index (χ0v) is 14.3. The van der Waals surface area contributed by atoms with E-state index in [4.69, 9.17) is 23.2 Å². The molecule has 0 spiro atoms. The van der Waals surface area contributed by atoms with Crippen molar-refractivity contribution in [1.82, 2.24) is 10.2 Å². The van der Waals surface area contributed by atoms with Gasteiger partial charge in [0, 0.05) is 23.6 Å². The summed E-state index contributed by atoms with van der Waals surface area (Å²) < 4.78 is 0. The average molecular weight is 329 g/mol. The van der Waals surface area contributed by atoms with Gasteiger partial charge in [0.15, 0.2) is 0 Å². The molecule has 1 saturated heterocycles. The lowest BCUT2D eigenvalue weighted by Gasteiger charge is -2.38. The minimum absolute atomic E-state index is 0.0824. The molecule has 116 valence electrons. The quantitative estimate of drug-likeness (QED) is 0.912. The van der Waals surface area contributed by atoms with Crippen molar-refractivity contribution in [3.05, 3.63) is 33.8 Å². The summed E-state index contributed by atoms with van der Waals surface area (Å²) in [6.07, 6.45) is 1.95. The Kier molecular flexibility index (Phi) is 5.18. The van der Waals surface area contributed by atoms with E-state index in [1.54, 1.807) is 11.0 Å². The molecule has 0 aliphatic carbocycles.